The predicted molar refractivity (Wildman–Crippen MR) is 98.9 cm³/mol. The number of aromatic nitrogens is 3. The van der Waals surface area contributed by atoms with Gasteiger partial charge in [0, 0.05) is 5.56 Å². The molecule has 2 N–H and O–H groups in total. The number of thioether (sulfide) groups is 1. The van der Waals surface area contributed by atoms with E-state index in [1.807, 2.05) is 55.5 Å². The summed E-state index contributed by atoms with van der Waals surface area (Å²) in [6, 6.07) is 15.4. The number of rotatable bonds is 6. The van der Waals surface area contributed by atoms with Gasteiger partial charge in [0.25, 0.3) is 0 Å². The Balaban J connectivity index is 1.60. The predicted octanol–water partition coefficient (Wildman–Crippen LogP) is 3.52. The van der Waals surface area contributed by atoms with E-state index in [-0.39, 0.29) is 11.7 Å². The molecule has 0 unspecified atom stereocenters. The van der Waals surface area contributed by atoms with E-state index >= 15 is 0 Å². The second-order valence-electron chi connectivity index (χ2n) is 5.37. The van der Waals surface area contributed by atoms with E-state index in [2.05, 4.69) is 20.5 Å². The Labute approximate surface area is 150 Å². The van der Waals surface area contributed by atoms with Crippen LogP contribution in [-0.4, -0.2) is 34.0 Å². The third-order valence-electron chi connectivity index (χ3n) is 3.47. The molecule has 25 heavy (non-hydrogen) atoms. The summed E-state index contributed by atoms with van der Waals surface area (Å²) in [7, 11) is 1.58. The summed E-state index contributed by atoms with van der Waals surface area (Å²) in [4.78, 5) is 16.6. The minimum absolute atomic E-state index is 0.139. The number of hydrogen-bond acceptors (Lipinski definition) is 5. The van der Waals surface area contributed by atoms with E-state index in [1.54, 1.807) is 7.11 Å². The molecule has 6 nitrogen and oxygen atoms in total. The van der Waals surface area contributed by atoms with Crippen molar-refractivity contribution in [3.05, 3.63) is 54.1 Å². The van der Waals surface area contributed by atoms with Crippen LogP contribution in [0.5, 0.6) is 5.75 Å². The third kappa shape index (κ3) is 4.39. The first-order valence-corrected chi connectivity index (χ1v) is 8.69. The average molecular weight is 354 g/mol. The van der Waals surface area contributed by atoms with Crippen LogP contribution in [0.1, 0.15) is 5.56 Å². The van der Waals surface area contributed by atoms with Gasteiger partial charge in [0.2, 0.25) is 11.1 Å². The molecule has 0 atom stereocenters. The second-order valence-corrected chi connectivity index (χ2v) is 6.32. The lowest BCUT2D eigenvalue weighted by Crippen LogP contribution is -2.15. The lowest BCUT2D eigenvalue weighted by Gasteiger charge is -2.10. The molecule has 1 amide bonds. The number of aromatic amines is 1. The summed E-state index contributed by atoms with van der Waals surface area (Å²) in [6.45, 7) is 1.96. The van der Waals surface area contributed by atoms with Gasteiger partial charge in [-0.2, -0.15) is 0 Å². The molecule has 0 saturated heterocycles. The van der Waals surface area contributed by atoms with Crippen molar-refractivity contribution in [2.45, 2.75) is 12.1 Å². The Morgan fingerprint density at radius 1 is 1.24 bits per heavy atom. The monoisotopic (exact) mass is 354 g/mol. The molecule has 0 radical (unpaired) electrons. The van der Waals surface area contributed by atoms with Gasteiger partial charge in [-0.3, -0.25) is 9.89 Å². The van der Waals surface area contributed by atoms with Crippen LogP contribution in [0.25, 0.3) is 11.4 Å². The number of amides is 1. The summed E-state index contributed by atoms with van der Waals surface area (Å²) in [6.07, 6.45) is 0. The number of nitrogens with one attached hydrogen (secondary N) is 2. The van der Waals surface area contributed by atoms with Gasteiger partial charge in [0.1, 0.15) is 5.75 Å². The van der Waals surface area contributed by atoms with Crippen molar-refractivity contribution in [2.24, 2.45) is 0 Å². The van der Waals surface area contributed by atoms with Gasteiger partial charge in [0.05, 0.1) is 18.6 Å². The van der Waals surface area contributed by atoms with E-state index in [0.29, 0.717) is 22.4 Å². The normalized spacial score (nSPS) is 10.5. The standard InChI is InChI=1S/C18H18N4O2S/c1-12-8-9-15(24-2)14(10-12)19-16(23)11-25-18-20-17(21-22-18)13-6-4-3-5-7-13/h3-10H,11H2,1-2H3,(H,19,23)(H,20,21,22). The van der Waals surface area contributed by atoms with Crippen molar-refractivity contribution in [3.8, 4) is 17.1 Å². The minimum Gasteiger partial charge on any atom is -0.495 e. The molecule has 0 aliphatic carbocycles. The van der Waals surface area contributed by atoms with Crippen molar-refractivity contribution in [1.29, 1.82) is 0 Å². The highest BCUT2D eigenvalue weighted by molar-refractivity contribution is 7.99. The number of anilines is 1. The highest BCUT2D eigenvalue weighted by atomic mass is 32.2. The van der Waals surface area contributed by atoms with Gasteiger partial charge in [-0.1, -0.05) is 48.2 Å². The first-order chi connectivity index (χ1) is 12.2. The van der Waals surface area contributed by atoms with Crippen LogP contribution in [0.2, 0.25) is 0 Å². The molecule has 0 saturated carbocycles. The summed E-state index contributed by atoms with van der Waals surface area (Å²) in [5.74, 6) is 1.39. The van der Waals surface area contributed by atoms with Crippen molar-refractivity contribution >= 4 is 23.4 Å². The third-order valence-corrected chi connectivity index (χ3v) is 4.32. The van der Waals surface area contributed by atoms with E-state index in [1.165, 1.54) is 11.8 Å². The molecule has 1 aromatic heterocycles. The zero-order valence-corrected chi connectivity index (χ0v) is 14.8. The number of ether oxygens (including phenoxy) is 1. The Morgan fingerprint density at radius 3 is 2.80 bits per heavy atom. The molecule has 0 aliphatic heterocycles. The Hall–Kier alpha value is -2.80. The summed E-state index contributed by atoms with van der Waals surface area (Å²) < 4.78 is 5.27. The highest BCUT2D eigenvalue weighted by Gasteiger charge is 2.11. The van der Waals surface area contributed by atoms with Gasteiger partial charge in [-0.05, 0) is 24.6 Å². The summed E-state index contributed by atoms with van der Waals surface area (Å²) in [5, 5.41) is 10.4. The second kappa shape index (κ2) is 7.85. The molecular weight excluding hydrogens is 336 g/mol. The van der Waals surface area contributed by atoms with Crippen LogP contribution in [0.3, 0.4) is 0 Å². The van der Waals surface area contributed by atoms with Crippen molar-refractivity contribution in [1.82, 2.24) is 15.2 Å². The van der Waals surface area contributed by atoms with E-state index < -0.39 is 0 Å². The van der Waals surface area contributed by atoms with Crippen molar-refractivity contribution < 1.29 is 9.53 Å². The highest BCUT2D eigenvalue weighted by Crippen LogP contribution is 2.26. The molecule has 1 heterocycles. The van der Waals surface area contributed by atoms with Crippen LogP contribution in [0.4, 0.5) is 5.69 Å². The number of carbonyl (C=O) groups excluding carboxylic acids is 1. The topological polar surface area (TPSA) is 79.9 Å². The first kappa shape index (κ1) is 17.0. The number of hydrogen-bond donors (Lipinski definition) is 2. The van der Waals surface area contributed by atoms with Crippen molar-refractivity contribution in [2.75, 3.05) is 18.2 Å². The molecule has 0 bridgehead atoms. The summed E-state index contributed by atoms with van der Waals surface area (Å²) >= 11 is 1.27. The number of aryl methyl sites for hydroxylation is 1. The molecule has 3 aromatic rings. The molecule has 7 heteroatoms. The summed E-state index contributed by atoms with van der Waals surface area (Å²) in [5.41, 5.74) is 2.66. The lowest BCUT2D eigenvalue weighted by atomic mass is 10.2. The molecular formula is C18H18N4O2S. The van der Waals surface area contributed by atoms with Gasteiger partial charge in [0.15, 0.2) is 5.82 Å². The number of carbonyl (C=O) groups is 1. The molecule has 128 valence electrons. The van der Waals surface area contributed by atoms with E-state index in [9.17, 15) is 4.79 Å². The molecule has 3 rings (SSSR count). The van der Waals surface area contributed by atoms with Crippen LogP contribution >= 0.6 is 11.8 Å². The minimum atomic E-state index is -0.139. The van der Waals surface area contributed by atoms with Gasteiger partial charge in [-0.15, -0.1) is 5.10 Å². The number of methoxy groups -OCH3 is 1. The average Bonchev–Trinajstić information content (AvgIpc) is 3.10. The Kier molecular flexibility index (Phi) is 5.35. The molecule has 0 spiro atoms. The maximum absolute atomic E-state index is 12.2. The van der Waals surface area contributed by atoms with Crippen LogP contribution in [-0.2, 0) is 4.79 Å². The van der Waals surface area contributed by atoms with Gasteiger partial charge >= 0.3 is 0 Å². The number of nitrogens with zero attached hydrogens (tertiary/aromatic N) is 2. The van der Waals surface area contributed by atoms with E-state index in [4.69, 9.17) is 4.74 Å². The zero-order valence-electron chi connectivity index (χ0n) is 13.9. The quantitative estimate of drug-likeness (QED) is 0.662. The zero-order chi connectivity index (χ0) is 17.6. The SMILES string of the molecule is COc1ccc(C)cc1NC(=O)CSc1n[nH]c(-c2ccccc2)n1. The number of H-pyrrole nitrogens is 1. The van der Waals surface area contributed by atoms with E-state index in [0.717, 1.165) is 11.1 Å². The largest absolute Gasteiger partial charge is 0.495 e. The fraction of sp³-hybridized carbons (Fsp3) is 0.167. The fourth-order valence-electron chi connectivity index (χ4n) is 2.27. The van der Waals surface area contributed by atoms with Crippen molar-refractivity contribution in [3.63, 3.8) is 0 Å². The van der Waals surface area contributed by atoms with Crippen LogP contribution < -0.4 is 10.1 Å². The van der Waals surface area contributed by atoms with Crippen LogP contribution in [0, 0.1) is 6.92 Å². The van der Waals surface area contributed by atoms with Gasteiger partial charge < -0.3 is 10.1 Å². The number of benzene rings is 2. The maximum Gasteiger partial charge on any atom is 0.234 e. The Bertz CT molecular complexity index is 865. The lowest BCUT2D eigenvalue weighted by molar-refractivity contribution is -0.113. The molecule has 0 aliphatic rings. The maximum atomic E-state index is 12.2. The molecule has 0 fully saturated rings. The first-order valence-electron chi connectivity index (χ1n) is 7.71. The molecule has 2 aromatic carbocycles. The van der Waals surface area contributed by atoms with Gasteiger partial charge in [-0.25, -0.2) is 4.98 Å². The fourth-order valence-corrected chi connectivity index (χ4v) is 2.87. The smallest absolute Gasteiger partial charge is 0.234 e. The van der Waals surface area contributed by atoms with Crippen LogP contribution in [0.15, 0.2) is 53.7 Å². The Morgan fingerprint density at radius 2 is 2.04 bits per heavy atom.